The molecular formula is C20H17Cl2NZr. The number of allylic oxidation sites excluding steroid dienone is 4. The van der Waals surface area contributed by atoms with Crippen LogP contribution in [0.25, 0.3) is 32.6 Å². The first-order chi connectivity index (χ1) is 10.4. The number of nitrogens with one attached hydrogen (secondary N) is 1. The molecule has 0 spiro atoms. The van der Waals surface area contributed by atoms with Crippen LogP contribution in [0.4, 0.5) is 0 Å². The summed E-state index contributed by atoms with van der Waals surface area (Å²) in [6, 6.07) is 19.2. The Labute approximate surface area is 173 Å². The van der Waals surface area contributed by atoms with Crippen molar-refractivity contribution in [2.24, 2.45) is 0 Å². The third-order valence-corrected chi connectivity index (χ3v) is 3.85. The summed E-state index contributed by atoms with van der Waals surface area (Å²) in [7, 11) is 0. The first-order valence-corrected chi connectivity index (χ1v) is 7.20. The van der Waals surface area contributed by atoms with Crippen molar-refractivity contribution in [3.63, 3.8) is 0 Å². The number of rotatable bonds is 0. The summed E-state index contributed by atoms with van der Waals surface area (Å²) in [6.45, 7) is 0. The van der Waals surface area contributed by atoms with E-state index < -0.39 is 0 Å². The molecule has 0 unspecified atom stereocenters. The van der Waals surface area contributed by atoms with Crippen molar-refractivity contribution < 1.29 is 26.2 Å². The molecule has 24 heavy (non-hydrogen) atoms. The molecule has 4 aromatic rings. The van der Waals surface area contributed by atoms with Crippen LogP contribution in [-0.2, 0) is 26.2 Å². The number of aromatic nitrogens is 1. The van der Waals surface area contributed by atoms with E-state index in [2.05, 4.69) is 71.7 Å². The van der Waals surface area contributed by atoms with Gasteiger partial charge >= 0.3 is 26.2 Å². The predicted molar refractivity (Wildman–Crippen MR) is 105 cm³/mol. The zero-order chi connectivity index (χ0) is 14.1. The smallest absolute Gasteiger partial charge is 0.373 e. The molecule has 0 fully saturated rings. The molecule has 1 nitrogen and oxygen atoms in total. The van der Waals surface area contributed by atoms with E-state index in [4.69, 9.17) is 0 Å². The first-order valence-electron chi connectivity index (χ1n) is 7.20. The van der Waals surface area contributed by atoms with E-state index in [0.717, 1.165) is 6.42 Å². The monoisotopic (exact) mass is 431 g/mol. The van der Waals surface area contributed by atoms with Crippen LogP contribution in [0.15, 0.2) is 72.8 Å². The van der Waals surface area contributed by atoms with Gasteiger partial charge in [-0.3, -0.25) is 6.08 Å². The van der Waals surface area contributed by atoms with E-state index in [-0.39, 0.29) is 51.0 Å². The summed E-state index contributed by atoms with van der Waals surface area (Å²) in [5.41, 5.74) is 2.46. The maximum atomic E-state index is 3.47. The SMILES string of the molecule is Cl.Cl.[C-]1=CC=CC1.[Zr+2].c1ccc2c(c1)[cH-]c1[nH]c3ccccc3c12. The fourth-order valence-corrected chi connectivity index (χ4v) is 2.91. The van der Waals surface area contributed by atoms with Crippen LogP contribution in [0.2, 0.25) is 0 Å². The van der Waals surface area contributed by atoms with Crippen molar-refractivity contribution in [1.29, 1.82) is 0 Å². The van der Waals surface area contributed by atoms with E-state index in [1.165, 1.54) is 32.6 Å². The first kappa shape index (κ1) is 20.8. The van der Waals surface area contributed by atoms with Gasteiger partial charge in [-0.25, -0.2) is 12.2 Å². The van der Waals surface area contributed by atoms with E-state index in [1.807, 2.05) is 12.2 Å². The van der Waals surface area contributed by atoms with Crippen LogP contribution in [0.3, 0.4) is 0 Å². The molecule has 120 valence electrons. The van der Waals surface area contributed by atoms with Crippen molar-refractivity contribution in [3.05, 3.63) is 78.9 Å². The molecule has 0 amide bonds. The molecule has 3 aromatic carbocycles. The number of aromatic amines is 1. The Bertz CT molecular complexity index is 904. The number of hydrogen-bond donors (Lipinski definition) is 1. The Hall–Kier alpha value is -1.21. The Balaban J connectivity index is 0.000000317. The van der Waals surface area contributed by atoms with Gasteiger partial charge in [0.25, 0.3) is 0 Å². The fourth-order valence-electron chi connectivity index (χ4n) is 2.91. The molecule has 0 aliphatic heterocycles. The summed E-state index contributed by atoms with van der Waals surface area (Å²) in [5.74, 6) is 0. The Kier molecular flexibility index (Phi) is 8.09. The minimum atomic E-state index is 0. The molecule has 5 rings (SSSR count). The summed E-state index contributed by atoms with van der Waals surface area (Å²) in [5, 5.41) is 5.33. The summed E-state index contributed by atoms with van der Waals surface area (Å²) in [6.07, 6.45) is 10.0. The molecule has 1 aliphatic rings. The molecular weight excluding hydrogens is 416 g/mol. The third-order valence-electron chi connectivity index (χ3n) is 3.85. The Morgan fingerprint density at radius 1 is 0.917 bits per heavy atom. The number of para-hydroxylation sites is 1. The van der Waals surface area contributed by atoms with Gasteiger partial charge in [0.05, 0.1) is 0 Å². The molecule has 0 saturated carbocycles. The molecule has 0 saturated heterocycles. The van der Waals surface area contributed by atoms with Gasteiger partial charge in [0.2, 0.25) is 0 Å². The van der Waals surface area contributed by atoms with Crippen LogP contribution >= 0.6 is 24.8 Å². The maximum absolute atomic E-state index is 3.47. The zero-order valence-electron chi connectivity index (χ0n) is 13.0. The predicted octanol–water partition coefficient (Wildman–Crippen LogP) is 6.34. The van der Waals surface area contributed by atoms with Gasteiger partial charge in [-0.05, 0) is 17.0 Å². The quantitative estimate of drug-likeness (QED) is 0.312. The average molecular weight is 433 g/mol. The molecule has 4 heteroatoms. The van der Waals surface area contributed by atoms with Gasteiger partial charge in [-0.15, -0.1) is 66.3 Å². The molecule has 0 atom stereocenters. The standard InChI is InChI=1S/C15H10N.C5H5.2ClH.Zr/c1-2-6-11-10(5-1)9-14-15(11)12-7-3-4-8-13(12)16-14;1-2-4-5-3-1;;;/h1-9,16H;1-3H,4H2;2*1H;/q2*-1;;;+2. The van der Waals surface area contributed by atoms with Crippen LogP contribution in [-0.4, -0.2) is 4.98 Å². The van der Waals surface area contributed by atoms with E-state index in [9.17, 15) is 0 Å². The second-order valence-corrected chi connectivity index (χ2v) is 5.19. The minimum absolute atomic E-state index is 0. The van der Waals surface area contributed by atoms with Crippen LogP contribution < -0.4 is 0 Å². The van der Waals surface area contributed by atoms with Gasteiger partial charge in [0.15, 0.2) is 0 Å². The van der Waals surface area contributed by atoms with Crippen molar-refractivity contribution in [3.8, 4) is 0 Å². The molecule has 1 aliphatic carbocycles. The largest absolute Gasteiger partial charge is 2.00 e. The van der Waals surface area contributed by atoms with Crippen molar-refractivity contribution in [2.75, 3.05) is 0 Å². The van der Waals surface area contributed by atoms with E-state index in [0.29, 0.717) is 0 Å². The Morgan fingerprint density at radius 2 is 1.62 bits per heavy atom. The van der Waals surface area contributed by atoms with Crippen molar-refractivity contribution in [2.45, 2.75) is 6.42 Å². The number of benzene rings is 2. The zero-order valence-corrected chi connectivity index (χ0v) is 17.0. The summed E-state index contributed by atoms with van der Waals surface area (Å²) >= 11 is 0. The van der Waals surface area contributed by atoms with Gasteiger partial charge in [0.1, 0.15) is 0 Å². The van der Waals surface area contributed by atoms with Gasteiger partial charge < -0.3 is 4.98 Å². The van der Waals surface area contributed by atoms with Crippen LogP contribution in [0.1, 0.15) is 6.42 Å². The van der Waals surface area contributed by atoms with Gasteiger partial charge in [-0.2, -0.15) is 6.08 Å². The molecule has 0 bridgehead atoms. The number of halogens is 2. The minimum Gasteiger partial charge on any atom is -0.373 e. The molecule has 0 radical (unpaired) electrons. The maximum Gasteiger partial charge on any atom is 2.00 e. The van der Waals surface area contributed by atoms with E-state index in [1.54, 1.807) is 0 Å². The van der Waals surface area contributed by atoms with Gasteiger partial charge in [-0.1, -0.05) is 29.7 Å². The van der Waals surface area contributed by atoms with Gasteiger partial charge in [0, 0.05) is 5.52 Å². The van der Waals surface area contributed by atoms with Crippen molar-refractivity contribution in [1.82, 2.24) is 4.98 Å². The normalized spacial score (nSPS) is 11.5. The molecule has 1 aromatic heterocycles. The fraction of sp³-hybridized carbons (Fsp3) is 0.0500. The number of hydrogen-bond acceptors (Lipinski definition) is 0. The average Bonchev–Trinajstić information content (AvgIpc) is 3.24. The molecule has 1 N–H and O–H groups in total. The Morgan fingerprint density at radius 3 is 2.29 bits per heavy atom. The number of H-pyrrole nitrogens is 1. The number of fused-ring (bicyclic) bond motifs is 5. The van der Waals surface area contributed by atoms with Crippen LogP contribution in [0, 0.1) is 6.08 Å². The molecule has 1 heterocycles. The van der Waals surface area contributed by atoms with Crippen LogP contribution in [0.5, 0.6) is 0 Å². The topological polar surface area (TPSA) is 15.8 Å². The second kappa shape index (κ2) is 9.32. The van der Waals surface area contributed by atoms with E-state index >= 15 is 0 Å². The summed E-state index contributed by atoms with van der Waals surface area (Å²) in [4.78, 5) is 3.47. The van der Waals surface area contributed by atoms with Crippen molar-refractivity contribution >= 4 is 57.4 Å². The summed E-state index contributed by atoms with van der Waals surface area (Å²) < 4.78 is 0. The third kappa shape index (κ3) is 3.88. The second-order valence-electron chi connectivity index (χ2n) is 5.19.